The summed E-state index contributed by atoms with van der Waals surface area (Å²) in [6.45, 7) is 3.92. The molecule has 1 amide bonds. The van der Waals surface area contributed by atoms with Gasteiger partial charge in [-0.3, -0.25) is 4.79 Å². The van der Waals surface area contributed by atoms with Gasteiger partial charge < -0.3 is 10.0 Å². The molecule has 0 saturated carbocycles. The zero-order valence-corrected chi connectivity index (χ0v) is 11.8. The molecule has 1 heterocycles. The third-order valence-corrected chi connectivity index (χ3v) is 4.71. The maximum atomic E-state index is 12.5. The van der Waals surface area contributed by atoms with Gasteiger partial charge >= 0.3 is 5.97 Å². The van der Waals surface area contributed by atoms with Gasteiger partial charge in [-0.25, -0.2) is 4.79 Å². The van der Waals surface area contributed by atoms with Crippen LogP contribution in [0.25, 0.3) is 0 Å². The van der Waals surface area contributed by atoms with Crippen LogP contribution in [0.3, 0.4) is 0 Å². The number of carbonyl (C=O) groups is 2. The largest absolute Gasteiger partial charge is 0.480 e. The molecule has 0 radical (unpaired) electrons. The lowest BCUT2D eigenvalue weighted by Crippen LogP contribution is -2.45. The van der Waals surface area contributed by atoms with Gasteiger partial charge in [0.05, 0.1) is 5.37 Å². The van der Waals surface area contributed by atoms with Gasteiger partial charge in [0.1, 0.15) is 6.04 Å². The number of amides is 1. The summed E-state index contributed by atoms with van der Waals surface area (Å²) in [4.78, 5) is 25.3. The lowest BCUT2D eigenvalue weighted by atomic mass is 10.1. The van der Waals surface area contributed by atoms with Crippen LogP contribution in [0, 0.1) is 6.92 Å². The highest BCUT2D eigenvalue weighted by molar-refractivity contribution is 8.00. The molecule has 2 rings (SSSR count). The summed E-state index contributed by atoms with van der Waals surface area (Å²) in [5.41, 5.74) is 1.63. The summed E-state index contributed by atoms with van der Waals surface area (Å²) in [5, 5.41) is 9.18. The molecule has 2 atom stereocenters. The fourth-order valence-electron chi connectivity index (χ4n) is 2.19. The Labute approximate surface area is 116 Å². The number of benzene rings is 1. The summed E-state index contributed by atoms with van der Waals surface area (Å²) in [6, 6.07) is 6.53. The zero-order chi connectivity index (χ0) is 14.0. The monoisotopic (exact) mass is 279 g/mol. The quantitative estimate of drug-likeness (QED) is 0.923. The van der Waals surface area contributed by atoms with Gasteiger partial charge in [-0.15, -0.1) is 11.8 Å². The highest BCUT2D eigenvalue weighted by Gasteiger charge is 2.40. The number of thioether (sulfide) groups is 1. The number of hydrogen-bond donors (Lipinski definition) is 1. The number of hydrogen-bond acceptors (Lipinski definition) is 3. The van der Waals surface area contributed by atoms with E-state index in [4.69, 9.17) is 0 Å². The first-order valence-corrected chi connectivity index (χ1v) is 7.33. The van der Waals surface area contributed by atoms with Gasteiger partial charge in [0.2, 0.25) is 0 Å². The van der Waals surface area contributed by atoms with E-state index in [0.717, 1.165) is 12.0 Å². The smallest absolute Gasteiger partial charge is 0.327 e. The van der Waals surface area contributed by atoms with E-state index in [9.17, 15) is 14.7 Å². The van der Waals surface area contributed by atoms with Crippen LogP contribution in [0.2, 0.25) is 0 Å². The Balaban J connectivity index is 2.28. The molecular formula is C14H17NO3S. The molecule has 1 fully saturated rings. The number of aryl methyl sites for hydroxylation is 1. The van der Waals surface area contributed by atoms with Gasteiger partial charge in [-0.05, 0) is 25.5 Å². The number of carbonyl (C=O) groups excluding carboxylic acids is 1. The van der Waals surface area contributed by atoms with Crippen molar-refractivity contribution in [3.63, 3.8) is 0 Å². The highest BCUT2D eigenvalue weighted by atomic mass is 32.2. The van der Waals surface area contributed by atoms with Crippen molar-refractivity contribution in [2.75, 3.05) is 5.75 Å². The molecular weight excluding hydrogens is 262 g/mol. The van der Waals surface area contributed by atoms with Crippen molar-refractivity contribution in [1.82, 2.24) is 4.90 Å². The summed E-state index contributed by atoms with van der Waals surface area (Å²) in [7, 11) is 0. The van der Waals surface area contributed by atoms with Gasteiger partial charge in [0, 0.05) is 11.3 Å². The van der Waals surface area contributed by atoms with Gasteiger partial charge in [0.15, 0.2) is 0 Å². The van der Waals surface area contributed by atoms with Crippen molar-refractivity contribution in [1.29, 1.82) is 0 Å². The van der Waals surface area contributed by atoms with Crippen LogP contribution in [0.4, 0.5) is 0 Å². The van der Waals surface area contributed by atoms with E-state index in [1.54, 1.807) is 12.1 Å². The minimum absolute atomic E-state index is 0.0464. The van der Waals surface area contributed by atoms with Crippen LogP contribution in [-0.2, 0) is 4.79 Å². The van der Waals surface area contributed by atoms with Crippen molar-refractivity contribution >= 4 is 23.6 Å². The number of carboxylic acids is 1. The topological polar surface area (TPSA) is 57.6 Å². The third-order valence-electron chi connectivity index (χ3n) is 3.26. The molecule has 1 N–H and O–H groups in total. The minimum Gasteiger partial charge on any atom is -0.480 e. The average Bonchev–Trinajstić information content (AvgIpc) is 2.82. The second-order valence-corrected chi connectivity index (χ2v) is 5.84. The SMILES string of the molecule is CCC1SCC(C(=O)O)N1C(=O)c1ccc(C)cc1. The summed E-state index contributed by atoms with van der Waals surface area (Å²) in [6.07, 6.45) is 0.756. The fraction of sp³-hybridized carbons (Fsp3) is 0.429. The lowest BCUT2D eigenvalue weighted by molar-refractivity contribution is -0.141. The Morgan fingerprint density at radius 3 is 2.53 bits per heavy atom. The Bertz CT molecular complexity index is 486. The second kappa shape index (κ2) is 5.65. The van der Waals surface area contributed by atoms with Crippen LogP contribution >= 0.6 is 11.8 Å². The van der Waals surface area contributed by atoms with Crippen molar-refractivity contribution in [2.45, 2.75) is 31.7 Å². The molecule has 5 heteroatoms. The highest BCUT2D eigenvalue weighted by Crippen LogP contribution is 2.32. The molecule has 1 saturated heterocycles. The number of aliphatic carboxylic acids is 1. The Morgan fingerprint density at radius 1 is 1.37 bits per heavy atom. The molecule has 1 aromatic carbocycles. The molecule has 2 unspecified atom stereocenters. The summed E-state index contributed by atoms with van der Waals surface area (Å²) < 4.78 is 0. The zero-order valence-electron chi connectivity index (χ0n) is 11.0. The number of carboxylic acid groups (broad SMARTS) is 1. The van der Waals surface area contributed by atoms with Gasteiger partial charge in [0.25, 0.3) is 5.91 Å². The van der Waals surface area contributed by atoms with Crippen molar-refractivity contribution < 1.29 is 14.7 Å². The molecule has 0 bridgehead atoms. The van der Waals surface area contributed by atoms with Crippen molar-refractivity contribution in [2.24, 2.45) is 0 Å². The Morgan fingerprint density at radius 2 is 2.00 bits per heavy atom. The van der Waals surface area contributed by atoms with E-state index in [1.165, 1.54) is 16.7 Å². The number of nitrogens with zero attached hydrogens (tertiary/aromatic N) is 1. The predicted molar refractivity (Wildman–Crippen MR) is 75.3 cm³/mol. The summed E-state index contributed by atoms with van der Waals surface area (Å²) in [5.74, 6) is -0.654. The van der Waals surface area contributed by atoms with E-state index in [1.807, 2.05) is 26.0 Å². The van der Waals surface area contributed by atoms with Crippen LogP contribution in [0.5, 0.6) is 0 Å². The molecule has 19 heavy (non-hydrogen) atoms. The van der Waals surface area contributed by atoms with E-state index < -0.39 is 12.0 Å². The first-order chi connectivity index (χ1) is 9.04. The van der Waals surface area contributed by atoms with Crippen molar-refractivity contribution in [3.05, 3.63) is 35.4 Å². The lowest BCUT2D eigenvalue weighted by Gasteiger charge is -2.26. The Kier molecular flexibility index (Phi) is 4.14. The molecule has 0 aromatic heterocycles. The van der Waals surface area contributed by atoms with Gasteiger partial charge in [-0.2, -0.15) is 0 Å². The van der Waals surface area contributed by atoms with E-state index in [2.05, 4.69) is 0 Å². The van der Waals surface area contributed by atoms with Crippen LogP contribution in [0.15, 0.2) is 24.3 Å². The van der Waals surface area contributed by atoms with Crippen LogP contribution in [0.1, 0.15) is 29.3 Å². The average molecular weight is 279 g/mol. The maximum Gasteiger partial charge on any atom is 0.327 e. The van der Waals surface area contributed by atoms with Crippen molar-refractivity contribution in [3.8, 4) is 0 Å². The summed E-state index contributed by atoms with van der Waals surface area (Å²) >= 11 is 1.54. The minimum atomic E-state index is -0.927. The molecule has 1 aromatic rings. The molecule has 102 valence electrons. The van der Waals surface area contributed by atoms with Gasteiger partial charge in [-0.1, -0.05) is 24.6 Å². The predicted octanol–water partition coefficient (Wildman–Crippen LogP) is 2.37. The maximum absolute atomic E-state index is 12.5. The first kappa shape index (κ1) is 13.9. The molecule has 1 aliphatic rings. The van der Waals surface area contributed by atoms with Crippen LogP contribution < -0.4 is 0 Å². The van der Waals surface area contributed by atoms with E-state index in [0.29, 0.717) is 11.3 Å². The molecule has 0 spiro atoms. The normalized spacial score (nSPS) is 22.5. The van der Waals surface area contributed by atoms with Crippen LogP contribution in [-0.4, -0.2) is 39.1 Å². The van der Waals surface area contributed by atoms with E-state index >= 15 is 0 Å². The first-order valence-electron chi connectivity index (χ1n) is 6.28. The van der Waals surface area contributed by atoms with E-state index in [-0.39, 0.29) is 11.3 Å². The fourth-order valence-corrected chi connectivity index (χ4v) is 3.53. The standard InChI is InChI=1S/C14H17NO3S/c1-3-12-15(11(8-19-12)14(17)18)13(16)10-6-4-9(2)5-7-10/h4-7,11-12H,3,8H2,1-2H3,(H,17,18). The Hall–Kier alpha value is -1.49. The molecule has 4 nitrogen and oxygen atoms in total. The second-order valence-electron chi connectivity index (χ2n) is 4.63. The molecule has 0 aliphatic carbocycles. The molecule has 1 aliphatic heterocycles. The number of rotatable bonds is 3. The third kappa shape index (κ3) is 2.76.